The summed E-state index contributed by atoms with van der Waals surface area (Å²) in [6, 6.07) is 1.35. The summed E-state index contributed by atoms with van der Waals surface area (Å²) in [6.45, 7) is 7.99. The van der Waals surface area contributed by atoms with Crippen LogP contribution in [0.15, 0.2) is 31.0 Å². The third-order valence-corrected chi connectivity index (χ3v) is 7.68. The maximum atomic E-state index is 13.4. The van der Waals surface area contributed by atoms with E-state index in [4.69, 9.17) is 4.74 Å². The highest BCUT2D eigenvalue weighted by Crippen LogP contribution is 2.47. The molecule has 3 rings (SSSR count). The number of likely N-dealkylation sites (tertiary alicyclic amines) is 1. The van der Waals surface area contributed by atoms with E-state index in [1.54, 1.807) is 0 Å². The van der Waals surface area contributed by atoms with Crippen LogP contribution in [0, 0.1) is 17.3 Å². The lowest BCUT2D eigenvalue weighted by Gasteiger charge is -2.38. The van der Waals surface area contributed by atoms with Gasteiger partial charge in [-0.1, -0.05) is 20.4 Å². The van der Waals surface area contributed by atoms with Gasteiger partial charge in [-0.05, 0) is 68.3 Å². The van der Waals surface area contributed by atoms with Crippen LogP contribution in [0.5, 0.6) is 0 Å². The molecule has 11 heteroatoms. The first-order valence-corrected chi connectivity index (χ1v) is 12.3. The van der Waals surface area contributed by atoms with E-state index >= 15 is 0 Å². The van der Waals surface area contributed by atoms with E-state index in [2.05, 4.69) is 16.8 Å². The highest BCUT2D eigenvalue weighted by atomic mass is 19.4. The van der Waals surface area contributed by atoms with E-state index in [0.29, 0.717) is 44.4 Å². The van der Waals surface area contributed by atoms with Crippen molar-refractivity contribution < 1.29 is 40.7 Å². The Morgan fingerprint density at radius 1 is 1.14 bits per heavy atom. The minimum absolute atomic E-state index is 0.0258. The molecule has 0 spiro atoms. The summed E-state index contributed by atoms with van der Waals surface area (Å²) in [5.74, 6) is -1.14. The summed E-state index contributed by atoms with van der Waals surface area (Å²) in [4.78, 5) is 27.7. The van der Waals surface area contributed by atoms with Crippen LogP contribution in [0.2, 0.25) is 0 Å². The van der Waals surface area contributed by atoms with Crippen LogP contribution in [0.3, 0.4) is 0 Å². The van der Waals surface area contributed by atoms with Crippen LogP contribution in [-0.2, 0) is 33.2 Å². The van der Waals surface area contributed by atoms with Crippen molar-refractivity contribution in [3.05, 3.63) is 47.7 Å². The monoisotopic (exact) mass is 534 g/mol. The third-order valence-electron chi connectivity index (χ3n) is 7.68. The number of nitrogens with zero attached hydrogens (tertiary/aromatic N) is 1. The molecule has 1 heterocycles. The van der Waals surface area contributed by atoms with Gasteiger partial charge in [0.25, 0.3) is 0 Å². The van der Waals surface area contributed by atoms with Crippen LogP contribution in [-0.4, -0.2) is 35.9 Å². The molecule has 1 amide bonds. The molecule has 37 heavy (non-hydrogen) atoms. The van der Waals surface area contributed by atoms with Gasteiger partial charge in [0.15, 0.2) is 0 Å². The Hall–Kier alpha value is -2.56. The van der Waals surface area contributed by atoms with E-state index in [0.717, 1.165) is 19.2 Å². The van der Waals surface area contributed by atoms with Crippen LogP contribution < -0.4 is 5.32 Å². The van der Waals surface area contributed by atoms with Gasteiger partial charge in [-0.15, -0.1) is 0 Å². The highest BCUT2D eigenvalue weighted by molar-refractivity contribution is 5.83. The maximum absolute atomic E-state index is 13.4. The van der Waals surface area contributed by atoms with Crippen molar-refractivity contribution >= 4 is 11.9 Å². The number of halogens is 6. The Morgan fingerprint density at radius 2 is 1.76 bits per heavy atom. The Morgan fingerprint density at radius 3 is 2.30 bits per heavy atom. The van der Waals surface area contributed by atoms with Crippen molar-refractivity contribution in [2.24, 2.45) is 17.3 Å². The number of carbonyl (C=O) groups is 2. The largest absolute Gasteiger partial charge is 0.435 e. The van der Waals surface area contributed by atoms with Crippen molar-refractivity contribution in [3.63, 3.8) is 0 Å². The molecule has 3 unspecified atom stereocenters. The molecule has 1 aliphatic heterocycles. The Labute approximate surface area is 212 Å². The average molecular weight is 535 g/mol. The van der Waals surface area contributed by atoms with E-state index in [1.165, 1.54) is 0 Å². The minimum atomic E-state index is -4.96. The van der Waals surface area contributed by atoms with Gasteiger partial charge in [-0.2, -0.15) is 26.3 Å². The Bertz CT molecular complexity index is 975. The molecule has 1 aliphatic carbocycles. The molecule has 3 atom stereocenters. The lowest BCUT2D eigenvalue weighted by atomic mass is 9.74. The molecule has 1 aromatic rings. The molecule has 2 fully saturated rings. The smallest absolute Gasteiger partial charge is 0.416 e. The van der Waals surface area contributed by atoms with Crippen molar-refractivity contribution in [3.8, 4) is 0 Å². The van der Waals surface area contributed by atoms with Crippen LogP contribution >= 0.6 is 0 Å². The minimum Gasteiger partial charge on any atom is -0.435 e. The molecule has 206 valence electrons. The van der Waals surface area contributed by atoms with Gasteiger partial charge in [0, 0.05) is 19.1 Å². The fourth-order valence-corrected chi connectivity index (χ4v) is 5.54. The lowest BCUT2D eigenvalue weighted by molar-refractivity contribution is -0.145. The SMILES string of the molecule is C=COC(=O)C1CCCN(C2CCC(C(=O)NCc3cc(C(F)(F)F)cc(C(F)(F)F)c3)(C(C)C)C2)C1. The zero-order valence-electron chi connectivity index (χ0n) is 20.8. The normalized spacial score (nSPS) is 25.2. The zero-order chi connectivity index (χ0) is 27.6. The first-order valence-electron chi connectivity index (χ1n) is 12.3. The fraction of sp³-hybridized carbons (Fsp3) is 0.615. The molecular weight excluding hydrogens is 502 g/mol. The molecule has 1 N–H and O–H groups in total. The summed E-state index contributed by atoms with van der Waals surface area (Å²) < 4.78 is 84.1. The summed E-state index contributed by atoms with van der Waals surface area (Å²) in [5.41, 5.74) is -3.93. The third kappa shape index (κ3) is 6.66. The predicted octanol–water partition coefficient (Wildman–Crippen LogP) is 5.93. The van der Waals surface area contributed by atoms with Crippen LogP contribution in [0.25, 0.3) is 0 Å². The van der Waals surface area contributed by atoms with Gasteiger partial charge in [0.2, 0.25) is 5.91 Å². The van der Waals surface area contributed by atoms with Crippen LogP contribution in [0.1, 0.15) is 62.6 Å². The number of esters is 1. The lowest BCUT2D eigenvalue weighted by Crippen LogP contribution is -2.47. The van der Waals surface area contributed by atoms with E-state index in [1.807, 2.05) is 13.8 Å². The molecular formula is C26H32F6N2O3. The number of amides is 1. The first kappa shape index (κ1) is 29.0. The quantitative estimate of drug-likeness (QED) is 0.268. The van der Waals surface area contributed by atoms with Crippen molar-refractivity contribution in [2.45, 2.75) is 70.9 Å². The fourth-order valence-electron chi connectivity index (χ4n) is 5.54. The molecule has 1 saturated heterocycles. The number of hydrogen-bond acceptors (Lipinski definition) is 4. The summed E-state index contributed by atoms with van der Waals surface area (Å²) in [7, 11) is 0. The number of alkyl halides is 6. The number of rotatable bonds is 7. The topological polar surface area (TPSA) is 58.6 Å². The Kier molecular flexibility index (Phi) is 8.66. The average Bonchev–Trinajstić information content (AvgIpc) is 3.29. The molecule has 0 radical (unpaired) electrons. The second kappa shape index (κ2) is 11.0. The molecule has 2 aliphatic rings. The number of hydrogen-bond donors (Lipinski definition) is 1. The summed E-state index contributed by atoms with van der Waals surface area (Å²) >= 11 is 0. The first-order chi connectivity index (χ1) is 17.2. The standard InChI is InChI=1S/C26H32F6N2O3/c1-4-37-22(35)18-6-5-9-34(15-18)21-7-8-24(13-21,16(2)3)23(36)33-14-17-10-19(25(27,28)29)12-20(11-17)26(30,31)32/h4,10-12,16,18,21H,1,5-9,13-15H2,2-3H3,(H,33,36). The second-order valence-corrected chi connectivity index (χ2v) is 10.2. The van der Waals surface area contributed by atoms with Crippen molar-refractivity contribution in [1.82, 2.24) is 10.2 Å². The van der Waals surface area contributed by atoms with Gasteiger partial charge in [0.1, 0.15) is 0 Å². The summed E-state index contributed by atoms with van der Waals surface area (Å²) in [6.07, 6.45) is -5.62. The molecule has 0 aromatic heterocycles. The maximum Gasteiger partial charge on any atom is 0.416 e. The zero-order valence-corrected chi connectivity index (χ0v) is 20.8. The van der Waals surface area contributed by atoms with Gasteiger partial charge in [-0.25, -0.2) is 0 Å². The number of benzene rings is 1. The molecule has 0 bridgehead atoms. The number of carbonyl (C=O) groups excluding carboxylic acids is 2. The van der Waals surface area contributed by atoms with Gasteiger partial charge >= 0.3 is 18.3 Å². The predicted molar refractivity (Wildman–Crippen MR) is 124 cm³/mol. The number of ether oxygens (including phenoxy) is 1. The number of piperidine rings is 1. The van der Waals surface area contributed by atoms with Crippen molar-refractivity contribution in [1.29, 1.82) is 0 Å². The van der Waals surface area contributed by atoms with Gasteiger partial charge in [0.05, 0.1) is 28.7 Å². The van der Waals surface area contributed by atoms with E-state index in [9.17, 15) is 35.9 Å². The number of nitrogens with one attached hydrogen (secondary N) is 1. The molecule has 5 nitrogen and oxygen atoms in total. The molecule has 1 saturated carbocycles. The van der Waals surface area contributed by atoms with E-state index in [-0.39, 0.29) is 35.5 Å². The molecule has 1 aromatic carbocycles. The van der Waals surface area contributed by atoms with Gasteiger partial charge < -0.3 is 10.1 Å². The van der Waals surface area contributed by atoms with E-state index < -0.39 is 41.3 Å². The summed E-state index contributed by atoms with van der Waals surface area (Å²) in [5, 5.41) is 2.61. The second-order valence-electron chi connectivity index (χ2n) is 10.2. The Balaban J connectivity index is 1.73. The van der Waals surface area contributed by atoms with Gasteiger partial charge in [-0.3, -0.25) is 14.5 Å². The highest BCUT2D eigenvalue weighted by Gasteiger charge is 2.49. The van der Waals surface area contributed by atoms with Crippen molar-refractivity contribution in [2.75, 3.05) is 13.1 Å². The van der Waals surface area contributed by atoms with Crippen LogP contribution in [0.4, 0.5) is 26.3 Å².